The average Bonchev–Trinajstić information content (AvgIpc) is 2.72. The molecule has 0 aromatic carbocycles. The van der Waals surface area contributed by atoms with Crippen molar-refractivity contribution >= 4 is 29.4 Å². The van der Waals surface area contributed by atoms with Gasteiger partial charge >= 0.3 is 11.9 Å². The molecule has 4 fully saturated rings. The normalized spacial score (nSPS) is 27.8. The number of carbonyl (C=O) groups is 2. The molecule has 0 spiro atoms. The minimum atomic E-state index is -1.06. The molecular weight excluding hydrogens is 418 g/mol. The summed E-state index contributed by atoms with van der Waals surface area (Å²) in [6.07, 6.45) is 11.4. The first-order valence-corrected chi connectivity index (χ1v) is 11.0. The molecule has 0 unspecified atom stereocenters. The van der Waals surface area contributed by atoms with Crippen molar-refractivity contribution in [2.24, 2.45) is 23.2 Å². The minimum absolute atomic E-state index is 0.0231. The van der Waals surface area contributed by atoms with Gasteiger partial charge in [-0.1, -0.05) is 11.6 Å². The van der Waals surface area contributed by atoms with Gasteiger partial charge in [-0.05, 0) is 86.0 Å². The number of aromatic nitrogens is 2. The van der Waals surface area contributed by atoms with Crippen LogP contribution in [0.15, 0.2) is 36.7 Å². The number of pyridine rings is 2. The van der Waals surface area contributed by atoms with Crippen LogP contribution in [0.3, 0.4) is 0 Å². The van der Waals surface area contributed by atoms with Gasteiger partial charge in [-0.25, -0.2) is 19.6 Å². The van der Waals surface area contributed by atoms with Gasteiger partial charge in [-0.2, -0.15) is 0 Å². The number of nitrogens with one attached hydrogen (secondary N) is 1. The second kappa shape index (κ2) is 8.83. The highest BCUT2D eigenvalue weighted by Crippen LogP contribution is 2.59. The Hall–Kier alpha value is -2.67. The molecule has 31 heavy (non-hydrogen) atoms. The molecule has 2 aromatic rings. The third-order valence-electron chi connectivity index (χ3n) is 6.82. The maximum absolute atomic E-state index is 11.3. The van der Waals surface area contributed by atoms with Crippen LogP contribution >= 0.6 is 11.6 Å². The van der Waals surface area contributed by atoms with Crippen molar-refractivity contribution in [1.29, 1.82) is 0 Å². The molecule has 2 aromatic heterocycles. The van der Waals surface area contributed by atoms with Crippen LogP contribution in [0, 0.1) is 23.2 Å². The maximum atomic E-state index is 11.3. The monoisotopic (exact) mass is 443 g/mol. The van der Waals surface area contributed by atoms with Crippen molar-refractivity contribution in [3.05, 3.63) is 52.9 Å². The Balaban J connectivity index is 0.000000196. The van der Waals surface area contributed by atoms with Crippen LogP contribution in [0.25, 0.3) is 0 Å². The first kappa shape index (κ1) is 21.6. The topological polar surface area (TPSA) is 112 Å². The summed E-state index contributed by atoms with van der Waals surface area (Å²) in [7, 11) is 0. The number of hydrogen-bond donors (Lipinski definition) is 3. The summed E-state index contributed by atoms with van der Waals surface area (Å²) in [5.74, 6) is 1.32. The van der Waals surface area contributed by atoms with Gasteiger partial charge in [-0.15, -0.1) is 0 Å². The van der Waals surface area contributed by atoms with Gasteiger partial charge in [-0.3, -0.25) is 0 Å². The van der Waals surface area contributed by atoms with E-state index in [4.69, 9.17) is 16.7 Å². The second-order valence-corrected chi connectivity index (χ2v) is 9.48. The predicted octanol–water partition coefficient (Wildman–Crippen LogP) is 4.84. The number of halogens is 1. The highest BCUT2D eigenvalue weighted by molar-refractivity contribution is 6.32. The number of anilines is 1. The molecule has 4 bridgehead atoms. The Kier molecular flexibility index (Phi) is 6.14. The van der Waals surface area contributed by atoms with Gasteiger partial charge in [0.15, 0.2) is 0 Å². The molecular formula is C23H26ClN3O4. The molecule has 3 N–H and O–H groups in total. The molecule has 0 amide bonds. The third kappa shape index (κ3) is 4.82. The molecule has 7 nitrogen and oxygen atoms in total. The molecule has 0 aliphatic heterocycles. The Labute approximate surface area is 185 Å². The number of carboxylic acid groups (broad SMARTS) is 2. The van der Waals surface area contributed by atoms with Crippen molar-refractivity contribution in [3.8, 4) is 0 Å². The number of aromatic carboxylic acids is 2. The summed E-state index contributed by atoms with van der Waals surface area (Å²) in [5.41, 5.74) is 0.702. The highest BCUT2D eigenvalue weighted by atomic mass is 35.5. The van der Waals surface area contributed by atoms with Gasteiger partial charge in [0.2, 0.25) is 0 Å². The van der Waals surface area contributed by atoms with Crippen molar-refractivity contribution < 1.29 is 19.8 Å². The fourth-order valence-electron chi connectivity index (χ4n) is 6.04. The van der Waals surface area contributed by atoms with E-state index in [1.807, 2.05) is 0 Å². The summed E-state index contributed by atoms with van der Waals surface area (Å²) in [6, 6.07) is 6.23. The van der Waals surface area contributed by atoms with Crippen LogP contribution in [0.1, 0.15) is 59.2 Å². The summed E-state index contributed by atoms with van der Waals surface area (Å²) in [6.45, 7) is 0.883. The number of nitrogens with zero attached hydrogens (tertiary/aromatic N) is 2. The Bertz CT molecular complexity index is 946. The summed E-state index contributed by atoms with van der Waals surface area (Å²) < 4.78 is 0. The van der Waals surface area contributed by atoms with Gasteiger partial charge in [0.1, 0.15) is 16.5 Å². The lowest BCUT2D eigenvalue weighted by Gasteiger charge is -2.57. The molecule has 4 aliphatic carbocycles. The zero-order valence-corrected chi connectivity index (χ0v) is 17.9. The Morgan fingerprint density at radius 3 is 1.94 bits per heavy atom. The van der Waals surface area contributed by atoms with Gasteiger partial charge in [0.05, 0.1) is 5.56 Å². The van der Waals surface area contributed by atoms with Gasteiger partial charge in [0.25, 0.3) is 0 Å². The molecule has 0 radical (unpaired) electrons. The number of carboxylic acids is 2. The van der Waals surface area contributed by atoms with E-state index in [-0.39, 0.29) is 16.3 Å². The summed E-state index contributed by atoms with van der Waals surface area (Å²) in [5, 5.41) is 21.1. The zero-order valence-electron chi connectivity index (χ0n) is 17.1. The van der Waals surface area contributed by atoms with E-state index in [2.05, 4.69) is 15.3 Å². The Morgan fingerprint density at radius 2 is 1.45 bits per heavy atom. The smallest absolute Gasteiger partial charge is 0.339 e. The maximum Gasteiger partial charge on any atom is 0.339 e. The highest BCUT2D eigenvalue weighted by Gasteiger charge is 2.50. The average molecular weight is 444 g/mol. The van der Waals surface area contributed by atoms with Crippen molar-refractivity contribution in [1.82, 2.24) is 9.97 Å². The molecule has 2 heterocycles. The molecule has 0 saturated heterocycles. The minimum Gasteiger partial charge on any atom is -0.478 e. The van der Waals surface area contributed by atoms with E-state index in [9.17, 15) is 14.7 Å². The second-order valence-electron chi connectivity index (χ2n) is 9.12. The molecule has 164 valence electrons. The van der Waals surface area contributed by atoms with E-state index in [1.165, 1.54) is 56.9 Å². The van der Waals surface area contributed by atoms with E-state index >= 15 is 0 Å². The number of hydrogen-bond acceptors (Lipinski definition) is 5. The van der Waals surface area contributed by atoms with Crippen LogP contribution in [-0.4, -0.2) is 38.7 Å². The zero-order chi connectivity index (χ0) is 22.0. The molecule has 0 atom stereocenters. The lowest BCUT2D eigenvalue weighted by atomic mass is 9.49. The van der Waals surface area contributed by atoms with E-state index in [1.54, 1.807) is 18.3 Å². The van der Waals surface area contributed by atoms with Crippen molar-refractivity contribution in [3.63, 3.8) is 0 Å². The summed E-state index contributed by atoms with van der Waals surface area (Å²) in [4.78, 5) is 29.4. The Morgan fingerprint density at radius 1 is 0.935 bits per heavy atom. The first-order chi connectivity index (χ1) is 14.8. The predicted molar refractivity (Wildman–Crippen MR) is 116 cm³/mol. The van der Waals surface area contributed by atoms with Crippen LogP contribution in [0.5, 0.6) is 0 Å². The quantitative estimate of drug-likeness (QED) is 0.566. The van der Waals surface area contributed by atoms with Crippen LogP contribution in [-0.2, 0) is 0 Å². The van der Waals surface area contributed by atoms with E-state index in [0.717, 1.165) is 24.3 Å². The van der Waals surface area contributed by atoms with Gasteiger partial charge < -0.3 is 15.5 Å². The largest absolute Gasteiger partial charge is 0.478 e. The van der Waals surface area contributed by atoms with E-state index < -0.39 is 11.9 Å². The molecule has 6 rings (SSSR count). The lowest BCUT2D eigenvalue weighted by Crippen LogP contribution is -2.49. The van der Waals surface area contributed by atoms with Crippen molar-refractivity contribution in [2.75, 3.05) is 11.9 Å². The standard InChI is InChI=1S/C17H22N2O2.C6H4ClNO2/c20-16(21)14-2-1-3-18-15(14)19-10-17-7-11-4-12(8-17)6-13(5-11)9-17;7-5-4(6(9)10)2-1-3-8-5/h1-3,11-13H,4-10H2,(H,18,19)(H,20,21);1-3H,(H,9,10). The fraction of sp³-hybridized carbons (Fsp3) is 0.478. The first-order valence-electron chi connectivity index (χ1n) is 10.6. The number of rotatable bonds is 5. The SMILES string of the molecule is O=C(O)c1cccnc1Cl.O=C(O)c1cccnc1NCC12CC3CC(CC(C3)C1)C2. The molecule has 4 saturated carbocycles. The van der Waals surface area contributed by atoms with Crippen LogP contribution < -0.4 is 5.32 Å². The molecule has 4 aliphatic rings. The van der Waals surface area contributed by atoms with Crippen LogP contribution in [0.2, 0.25) is 5.15 Å². The van der Waals surface area contributed by atoms with Gasteiger partial charge in [0, 0.05) is 18.9 Å². The molecule has 8 heteroatoms. The third-order valence-corrected chi connectivity index (χ3v) is 7.12. The van der Waals surface area contributed by atoms with Crippen molar-refractivity contribution in [2.45, 2.75) is 38.5 Å². The summed E-state index contributed by atoms with van der Waals surface area (Å²) >= 11 is 5.43. The fourth-order valence-corrected chi connectivity index (χ4v) is 6.24. The van der Waals surface area contributed by atoms with Crippen LogP contribution in [0.4, 0.5) is 5.82 Å². The lowest BCUT2D eigenvalue weighted by molar-refractivity contribution is -0.0444. The van der Waals surface area contributed by atoms with E-state index in [0.29, 0.717) is 11.2 Å².